The van der Waals surface area contributed by atoms with Crippen LogP contribution in [-0.4, -0.2) is 9.55 Å². The fraction of sp³-hybridized carbons (Fsp3) is 0.143. The highest BCUT2D eigenvalue weighted by Crippen LogP contribution is 2.22. The van der Waals surface area contributed by atoms with E-state index in [1.165, 1.54) is 16.9 Å². The minimum absolute atomic E-state index is 0.145. The maximum atomic E-state index is 13.2. The molecule has 0 fully saturated rings. The summed E-state index contributed by atoms with van der Waals surface area (Å²) in [4.78, 5) is 15.9. The lowest BCUT2D eigenvalue weighted by atomic mass is 10.3. The summed E-state index contributed by atoms with van der Waals surface area (Å²) in [7, 11) is 0. The van der Waals surface area contributed by atoms with Gasteiger partial charge < -0.3 is 13.4 Å². The van der Waals surface area contributed by atoms with Crippen LogP contribution in [0.4, 0.5) is 4.39 Å². The van der Waals surface area contributed by atoms with E-state index in [4.69, 9.17) is 8.83 Å². The molecule has 3 heterocycles. The lowest BCUT2D eigenvalue weighted by Gasteiger charge is -2.02. The molecule has 6 heteroatoms. The first-order chi connectivity index (χ1) is 9.63. The number of pyridine rings is 1. The molecule has 20 heavy (non-hydrogen) atoms. The monoisotopic (exact) mass is 274 g/mol. The van der Waals surface area contributed by atoms with Crippen LogP contribution in [0.2, 0.25) is 0 Å². The van der Waals surface area contributed by atoms with Gasteiger partial charge in [0.15, 0.2) is 5.76 Å². The van der Waals surface area contributed by atoms with Crippen molar-refractivity contribution >= 4 is 0 Å². The predicted octanol–water partition coefficient (Wildman–Crippen LogP) is 2.59. The van der Waals surface area contributed by atoms with Crippen molar-refractivity contribution < 1.29 is 13.2 Å². The SMILES string of the molecule is Cc1oc(-c2ccco2)nc1Cn1cc(F)ccc1=O. The zero-order valence-corrected chi connectivity index (χ0v) is 10.7. The van der Waals surface area contributed by atoms with Gasteiger partial charge in [-0.2, -0.15) is 0 Å². The zero-order valence-electron chi connectivity index (χ0n) is 10.7. The number of aromatic nitrogens is 2. The van der Waals surface area contributed by atoms with E-state index in [0.717, 1.165) is 12.3 Å². The van der Waals surface area contributed by atoms with Gasteiger partial charge in [0, 0.05) is 12.3 Å². The molecule has 0 N–H and O–H groups in total. The molecule has 0 aromatic carbocycles. The van der Waals surface area contributed by atoms with E-state index in [1.807, 2.05) is 0 Å². The minimum Gasteiger partial charge on any atom is -0.459 e. The standard InChI is InChI=1S/C14H11FN2O3/c1-9-11(8-17-7-10(15)4-5-13(17)18)16-14(20-9)12-3-2-6-19-12/h2-7H,8H2,1H3. The van der Waals surface area contributed by atoms with Gasteiger partial charge in [0.05, 0.1) is 12.8 Å². The molecular weight excluding hydrogens is 263 g/mol. The Morgan fingerprint density at radius 3 is 2.95 bits per heavy atom. The molecule has 0 aliphatic rings. The highest BCUT2D eigenvalue weighted by molar-refractivity contribution is 5.44. The molecule has 0 amide bonds. The quantitative estimate of drug-likeness (QED) is 0.736. The molecular formula is C14H11FN2O3. The topological polar surface area (TPSA) is 61.2 Å². The minimum atomic E-state index is -0.475. The smallest absolute Gasteiger partial charge is 0.263 e. The molecule has 0 saturated heterocycles. The van der Waals surface area contributed by atoms with Crippen molar-refractivity contribution in [1.82, 2.24) is 9.55 Å². The number of oxazole rings is 1. The fourth-order valence-electron chi connectivity index (χ4n) is 1.87. The van der Waals surface area contributed by atoms with Gasteiger partial charge in [-0.15, -0.1) is 0 Å². The molecule has 0 radical (unpaired) electrons. The van der Waals surface area contributed by atoms with Crippen molar-refractivity contribution in [2.24, 2.45) is 0 Å². The van der Waals surface area contributed by atoms with Crippen molar-refractivity contribution in [1.29, 1.82) is 0 Å². The molecule has 3 rings (SSSR count). The molecule has 0 aliphatic carbocycles. The first kappa shape index (κ1) is 12.4. The van der Waals surface area contributed by atoms with Gasteiger partial charge in [-0.05, 0) is 25.1 Å². The molecule has 3 aromatic heterocycles. The van der Waals surface area contributed by atoms with E-state index < -0.39 is 5.82 Å². The van der Waals surface area contributed by atoms with E-state index in [-0.39, 0.29) is 12.1 Å². The largest absolute Gasteiger partial charge is 0.459 e. The molecule has 0 aliphatic heterocycles. The molecule has 5 nitrogen and oxygen atoms in total. The van der Waals surface area contributed by atoms with Crippen molar-refractivity contribution in [3.8, 4) is 11.7 Å². The number of hydrogen-bond donors (Lipinski definition) is 0. The molecule has 0 saturated carbocycles. The van der Waals surface area contributed by atoms with Gasteiger partial charge in [0.2, 0.25) is 0 Å². The number of hydrogen-bond acceptors (Lipinski definition) is 4. The van der Waals surface area contributed by atoms with Gasteiger partial charge in [0.1, 0.15) is 17.3 Å². The maximum absolute atomic E-state index is 13.2. The molecule has 0 atom stereocenters. The fourth-order valence-corrected chi connectivity index (χ4v) is 1.87. The second-order valence-electron chi connectivity index (χ2n) is 4.31. The average molecular weight is 274 g/mol. The van der Waals surface area contributed by atoms with Crippen LogP contribution in [0.5, 0.6) is 0 Å². The Morgan fingerprint density at radius 2 is 2.20 bits per heavy atom. The number of rotatable bonds is 3. The Labute approximate surface area is 113 Å². The molecule has 0 unspecified atom stereocenters. The van der Waals surface area contributed by atoms with Gasteiger partial charge in [0.25, 0.3) is 11.4 Å². The molecule has 0 bridgehead atoms. The third kappa shape index (κ3) is 2.27. The Kier molecular flexibility index (Phi) is 2.98. The van der Waals surface area contributed by atoms with E-state index in [1.54, 1.807) is 19.1 Å². The molecule has 3 aromatic rings. The van der Waals surface area contributed by atoms with Gasteiger partial charge in [-0.1, -0.05) is 0 Å². The summed E-state index contributed by atoms with van der Waals surface area (Å²) in [6, 6.07) is 5.76. The van der Waals surface area contributed by atoms with Gasteiger partial charge in [-0.25, -0.2) is 9.37 Å². The van der Waals surface area contributed by atoms with Gasteiger partial charge in [-0.3, -0.25) is 4.79 Å². The Balaban J connectivity index is 1.95. The van der Waals surface area contributed by atoms with Crippen LogP contribution < -0.4 is 5.56 Å². The summed E-state index contributed by atoms with van der Waals surface area (Å²) < 4.78 is 25.1. The average Bonchev–Trinajstić information content (AvgIpc) is 3.04. The molecule has 0 spiro atoms. The third-order valence-electron chi connectivity index (χ3n) is 2.89. The maximum Gasteiger partial charge on any atom is 0.263 e. The summed E-state index contributed by atoms with van der Waals surface area (Å²) in [6.45, 7) is 1.88. The first-order valence-electron chi connectivity index (χ1n) is 5.99. The molecule has 102 valence electrons. The van der Waals surface area contributed by atoms with Crippen molar-refractivity contribution in [2.45, 2.75) is 13.5 Å². The van der Waals surface area contributed by atoms with E-state index in [2.05, 4.69) is 4.98 Å². The second-order valence-corrected chi connectivity index (χ2v) is 4.31. The van der Waals surface area contributed by atoms with Crippen LogP contribution in [0.1, 0.15) is 11.5 Å². The van der Waals surface area contributed by atoms with Crippen LogP contribution >= 0.6 is 0 Å². The van der Waals surface area contributed by atoms with Crippen molar-refractivity contribution in [3.05, 3.63) is 64.4 Å². The Hall–Kier alpha value is -2.63. The lowest BCUT2D eigenvalue weighted by molar-refractivity contribution is 0.499. The summed E-state index contributed by atoms with van der Waals surface area (Å²) in [5.74, 6) is 0.933. The van der Waals surface area contributed by atoms with Crippen LogP contribution in [0, 0.1) is 12.7 Å². The van der Waals surface area contributed by atoms with E-state index in [0.29, 0.717) is 23.1 Å². The van der Waals surface area contributed by atoms with E-state index >= 15 is 0 Å². The third-order valence-corrected chi connectivity index (χ3v) is 2.89. The van der Waals surface area contributed by atoms with Crippen molar-refractivity contribution in [2.75, 3.05) is 0 Å². The van der Waals surface area contributed by atoms with Crippen LogP contribution in [0.15, 0.2) is 50.4 Å². The normalized spacial score (nSPS) is 10.9. The second kappa shape index (κ2) is 4.80. The highest BCUT2D eigenvalue weighted by Gasteiger charge is 2.14. The van der Waals surface area contributed by atoms with Crippen molar-refractivity contribution in [3.63, 3.8) is 0 Å². The lowest BCUT2D eigenvalue weighted by Crippen LogP contribution is -2.19. The Morgan fingerprint density at radius 1 is 1.35 bits per heavy atom. The Bertz CT molecular complexity index is 787. The summed E-state index contributed by atoms with van der Waals surface area (Å²) in [5.41, 5.74) is 0.262. The highest BCUT2D eigenvalue weighted by atomic mass is 19.1. The number of furan rings is 1. The number of aryl methyl sites for hydroxylation is 1. The number of nitrogens with zero attached hydrogens (tertiary/aromatic N) is 2. The van der Waals surface area contributed by atoms with Gasteiger partial charge >= 0.3 is 0 Å². The summed E-state index contributed by atoms with van der Waals surface area (Å²) in [6.07, 6.45) is 2.66. The summed E-state index contributed by atoms with van der Waals surface area (Å²) in [5, 5.41) is 0. The van der Waals surface area contributed by atoms with E-state index in [9.17, 15) is 9.18 Å². The van der Waals surface area contributed by atoms with Crippen LogP contribution in [-0.2, 0) is 6.54 Å². The van der Waals surface area contributed by atoms with Crippen LogP contribution in [0.25, 0.3) is 11.7 Å². The van der Waals surface area contributed by atoms with Crippen LogP contribution in [0.3, 0.4) is 0 Å². The first-order valence-corrected chi connectivity index (χ1v) is 5.99. The predicted molar refractivity (Wildman–Crippen MR) is 68.7 cm³/mol. The zero-order chi connectivity index (χ0) is 14.1. The summed E-state index contributed by atoms with van der Waals surface area (Å²) >= 11 is 0. The number of halogens is 1.